The Kier molecular flexibility index (Phi) is 6.66. The number of nitrogens with one attached hydrogen (secondary N) is 3. The van der Waals surface area contributed by atoms with Gasteiger partial charge in [-0.05, 0) is 6.92 Å². The van der Waals surface area contributed by atoms with Crippen LogP contribution in [0.1, 0.15) is 17.4 Å². The molecule has 3 aromatic heterocycles. The Hall–Kier alpha value is -3.45. The van der Waals surface area contributed by atoms with E-state index in [1.54, 1.807) is 6.07 Å². The number of hydrogen-bond donors (Lipinski definition) is 3. The molecule has 0 aliphatic carbocycles. The van der Waals surface area contributed by atoms with Crippen molar-refractivity contribution in [2.45, 2.75) is 13.0 Å². The molecule has 0 spiro atoms. The van der Waals surface area contributed by atoms with Crippen molar-refractivity contribution in [1.82, 2.24) is 30.1 Å². The second kappa shape index (κ2) is 9.78. The zero-order chi connectivity index (χ0) is 22.5. The summed E-state index contributed by atoms with van der Waals surface area (Å²) in [5, 5.41) is 13.0. The summed E-state index contributed by atoms with van der Waals surface area (Å²) < 4.78 is 38.3. The van der Waals surface area contributed by atoms with Gasteiger partial charge in [0.05, 0.1) is 32.1 Å². The number of H-pyrrole nitrogens is 1. The number of pyridine rings is 1. The first-order valence-electron chi connectivity index (χ1n) is 9.96. The Balaban J connectivity index is 1.66. The third-order valence-corrected chi connectivity index (χ3v) is 4.67. The molecule has 3 aromatic rings. The largest absolute Gasteiger partial charge is 0.382 e. The fourth-order valence-corrected chi connectivity index (χ4v) is 3.18. The van der Waals surface area contributed by atoms with Crippen molar-refractivity contribution in [3.8, 4) is 0 Å². The summed E-state index contributed by atoms with van der Waals surface area (Å²) in [7, 11) is 1.47. The van der Waals surface area contributed by atoms with Gasteiger partial charge in [0.2, 0.25) is 17.8 Å². The maximum absolute atomic E-state index is 14.4. The first-order valence-corrected chi connectivity index (χ1v) is 9.96. The summed E-state index contributed by atoms with van der Waals surface area (Å²) in [5.74, 6) is -0.190. The highest BCUT2D eigenvalue weighted by molar-refractivity contribution is 5.52. The molecule has 13 heteroatoms. The fourth-order valence-electron chi connectivity index (χ4n) is 3.18. The lowest BCUT2D eigenvalue weighted by Crippen LogP contribution is -2.37. The van der Waals surface area contributed by atoms with Crippen LogP contribution in [0.25, 0.3) is 0 Å². The summed E-state index contributed by atoms with van der Waals surface area (Å²) in [4.78, 5) is 19.2. The molecule has 0 radical (unpaired) electrons. The molecule has 1 saturated heterocycles. The Morgan fingerprint density at radius 2 is 1.97 bits per heavy atom. The maximum atomic E-state index is 14.4. The van der Waals surface area contributed by atoms with Crippen LogP contribution in [0.5, 0.6) is 0 Å². The predicted molar refractivity (Wildman–Crippen MR) is 112 cm³/mol. The highest BCUT2D eigenvalue weighted by atomic mass is 19.1. The molecule has 0 aromatic carbocycles. The van der Waals surface area contributed by atoms with Gasteiger partial charge in [-0.25, -0.2) is 8.78 Å². The molecule has 1 aliphatic heterocycles. The minimum Gasteiger partial charge on any atom is -0.382 e. The smallest absolute Gasteiger partial charge is 0.235 e. The molecule has 0 amide bonds. The van der Waals surface area contributed by atoms with Gasteiger partial charge in [-0.3, -0.25) is 10.1 Å². The molecule has 4 heterocycles. The lowest BCUT2D eigenvalue weighted by molar-refractivity contribution is 0.122. The van der Waals surface area contributed by atoms with Crippen molar-refractivity contribution in [3.63, 3.8) is 0 Å². The van der Waals surface area contributed by atoms with E-state index in [4.69, 9.17) is 9.47 Å². The molecule has 1 aliphatic rings. The van der Waals surface area contributed by atoms with Gasteiger partial charge in [0.25, 0.3) is 0 Å². The highest BCUT2D eigenvalue weighted by Crippen LogP contribution is 2.23. The van der Waals surface area contributed by atoms with E-state index in [1.807, 2.05) is 11.8 Å². The molecule has 0 saturated carbocycles. The van der Waals surface area contributed by atoms with Crippen LogP contribution >= 0.6 is 0 Å². The van der Waals surface area contributed by atoms with Crippen molar-refractivity contribution in [2.24, 2.45) is 0 Å². The lowest BCUT2D eigenvalue weighted by Gasteiger charge is -2.27. The van der Waals surface area contributed by atoms with E-state index >= 15 is 0 Å². The Labute approximate surface area is 182 Å². The van der Waals surface area contributed by atoms with Crippen molar-refractivity contribution >= 4 is 23.7 Å². The zero-order valence-corrected chi connectivity index (χ0v) is 17.6. The number of hydrogen-bond acceptors (Lipinski definition) is 10. The molecule has 0 bridgehead atoms. The van der Waals surface area contributed by atoms with Crippen LogP contribution in [0, 0.1) is 18.6 Å². The van der Waals surface area contributed by atoms with Gasteiger partial charge >= 0.3 is 0 Å². The van der Waals surface area contributed by atoms with Crippen molar-refractivity contribution in [2.75, 3.05) is 55.6 Å². The van der Waals surface area contributed by atoms with Gasteiger partial charge in [-0.1, -0.05) is 0 Å². The van der Waals surface area contributed by atoms with E-state index in [1.165, 1.54) is 7.11 Å². The molecule has 1 atom stereocenters. The molecule has 170 valence electrons. The maximum Gasteiger partial charge on any atom is 0.235 e. The van der Waals surface area contributed by atoms with E-state index in [2.05, 4.69) is 40.8 Å². The van der Waals surface area contributed by atoms with Crippen LogP contribution in [0.15, 0.2) is 18.3 Å². The van der Waals surface area contributed by atoms with E-state index < -0.39 is 17.7 Å². The van der Waals surface area contributed by atoms with Crippen LogP contribution in [0.3, 0.4) is 0 Å². The number of ether oxygens (including phenoxy) is 2. The third-order valence-electron chi connectivity index (χ3n) is 4.67. The SMILES string of the molecule is COCC(Nc1nc(Nc2cc(C)[nH]n2)nc(N2CCOCC2)n1)c1ncc(F)cc1F. The van der Waals surface area contributed by atoms with Gasteiger partial charge < -0.3 is 25.0 Å². The van der Waals surface area contributed by atoms with E-state index in [0.29, 0.717) is 38.1 Å². The second-order valence-electron chi connectivity index (χ2n) is 7.12. The summed E-state index contributed by atoms with van der Waals surface area (Å²) in [5.41, 5.74) is 0.852. The van der Waals surface area contributed by atoms with Gasteiger partial charge in [-0.2, -0.15) is 20.1 Å². The number of morpholine rings is 1. The quantitative estimate of drug-likeness (QED) is 0.472. The van der Waals surface area contributed by atoms with Gasteiger partial charge in [-0.15, -0.1) is 0 Å². The highest BCUT2D eigenvalue weighted by Gasteiger charge is 2.22. The molecular formula is C19H23F2N9O2. The van der Waals surface area contributed by atoms with Crippen molar-refractivity contribution in [1.29, 1.82) is 0 Å². The molecular weight excluding hydrogens is 424 g/mol. The van der Waals surface area contributed by atoms with Crippen LogP contribution in [0.4, 0.5) is 32.4 Å². The van der Waals surface area contributed by atoms with E-state index in [0.717, 1.165) is 18.0 Å². The molecule has 11 nitrogen and oxygen atoms in total. The zero-order valence-electron chi connectivity index (χ0n) is 17.6. The summed E-state index contributed by atoms with van der Waals surface area (Å²) >= 11 is 0. The molecule has 3 N–H and O–H groups in total. The van der Waals surface area contributed by atoms with Gasteiger partial charge in [0, 0.05) is 38.0 Å². The molecule has 1 unspecified atom stereocenters. The number of rotatable bonds is 8. The summed E-state index contributed by atoms with van der Waals surface area (Å²) in [6.07, 6.45) is 0.947. The topological polar surface area (TPSA) is 126 Å². The van der Waals surface area contributed by atoms with E-state index in [9.17, 15) is 8.78 Å². The Bertz CT molecular complexity index is 1060. The Morgan fingerprint density at radius 3 is 2.66 bits per heavy atom. The minimum atomic E-state index is -0.799. The average molecular weight is 447 g/mol. The average Bonchev–Trinajstić information content (AvgIpc) is 3.18. The molecule has 32 heavy (non-hydrogen) atoms. The number of nitrogens with zero attached hydrogens (tertiary/aromatic N) is 6. The normalized spacial score (nSPS) is 14.9. The van der Waals surface area contributed by atoms with Crippen LogP contribution in [-0.2, 0) is 9.47 Å². The van der Waals surface area contributed by atoms with Gasteiger partial charge in [0.15, 0.2) is 5.82 Å². The predicted octanol–water partition coefficient (Wildman–Crippen LogP) is 1.96. The van der Waals surface area contributed by atoms with Crippen LogP contribution in [0.2, 0.25) is 0 Å². The number of halogens is 2. The minimum absolute atomic E-state index is 0.0148. The first-order chi connectivity index (χ1) is 15.5. The molecule has 4 rings (SSSR count). The standard InChI is InChI=1S/C19H23F2N9O2/c1-11-7-15(29-28-11)24-18-25-17(26-19(27-18)30-3-5-32-6-4-30)23-14(10-31-2)16-13(21)8-12(20)9-22-16/h7-9,14H,3-6,10H2,1-2H3,(H3,23,24,25,26,27,28,29). The number of aromatic amines is 1. The number of anilines is 4. The lowest BCUT2D eigenvalue weighted by atomic mass is 10.2. The van der Waals surface area contributed by atoms with Crippen LogP contribution < -0.4 is 15.5 Å². The first kappa shape index (κ1) is 21.8. The Morgan fingerprint density at radius 1 is 1.19 bits per heavy atom. The van der Waals surface area contributed by atoms with Gasteiger partial charge in [0.1, 0.15) is 17.3 Å². The van der Waals surface area contributed by atoms with E-state index in [-0.39, 0.29) is 24.2 Å². The fraction of sp³-hybridized carbons (Fsp3) is 0.421. The summed E-state index contributed by atoms with van der Waals surface area (Å²) in [6, 6.07) is 1.81. The van der Waals surface area contributed by atoms with Crippen molar-refractivity contribution < 1.29 is 18.3 Å². The second-order valence-corrected chi connectivity index (χ2v) is 7.12. The summed E-state index contributed by atoms with van der Waals surface area (Å²) in [6.45, 7) is 4.24. The number of methoxy groups -OCH3 is 1. The number of aromatic nitrogens is 6. The monoisotopic (exact) mass is 447 g/mol. The van der Waals surface area contributed by atoms with Crippen molar-refractivity contribution in [3.05, 3.63) is 41.4 Å². The third kappa shape index (κ3) is 5.23. The van der Waals surface area contributed by atoms with Crippen LogP contribution in [-0.4, -0.2) is 70.2 Å². The molecule has 1 fully saturated rings. The number of aryl methyl sites for hydroxylation is 1.